The number of carbonyl (C=O) groups is 2. The zero-order valence-corrected chi connectivity index (χ0v) is 14.5. The summed E-state index contributed by atoms with van der Waals surface area (Å²) in [5, 5.41) is 0. The largest absolute Gasteiger partial charge is 0.463 e. The van der Waals surface area contributed by atoms with Crippen molar-refractivity contribution in [2.75, 3.05) is 6.61 Å². The molecule has 1 saturated heterocycles. The molecule has 1 aliphatic carbocycles. The molecule has 5 nitrogen and oxygen atoms in total. The third-order valence-electron chi connectivity index (χ3n) is 4.21. The van der Waals surface area contributed by atoms with Gasteiger partial charge >= 0.3 is 11.9 Å². The molecule has 3 atom stereocenters. The number of hydrogen-bond donors (Lipinski definition) is 0. The van der Waals surface area contributed by atoms with E-state index in [1.54, 1.807) is 13.0 Å². The maximum Gasteiger partial charge on any atom is 0.330 e. The van der Waals surface area contributed by atoms with E-state index in [1.807, 2.05) is 0 Å². The van der Waals surface area contributed by atoms with E-state index in [4.69, 9.17) is 14.2 Å². The van der Waals surface area contributed by atoms with Crippen molar-refractivity contribution in [2.24, 2.45) is 0 Å². The Hall–Kier alpha value is -1.80. The minimum atomic E-state index is -0.417. The summed E-state index contributed by atoms with van der Waals surface area (Å²) in [6, 6.07) is 0. The van der Waals surface area contributed by atoms with Gasteiger partial charge in [-0.3, -0.25) is 4.79 Å². The van der Waals surface area contributed by atoms with Crippen LogP contribution in [0.3, 0.4) is 0 Å². The molecule has 0 amide bonds. The fourth-order valence-corrected chi connectivity index (χ4v) is 2.98. The summed E-state index contributed by atoms with van der Waals surface area (Å²) in [6.07, 6.45) is 9.57. The highest BCUT2D eigenvalue weighted by atomic mass is 16.6. The first kappa shape index (κ1) is 18.5. The second-order valence-electron chi connectivity index (χ2n) is 6.19. The first-order valence-electron chi connectivity index (χ1n) is 8.77. The highest BCUT2D eigenvalue weighted by Crippen LogP contribution is 2.47. The Morgan fingerprint density at radius 2 is 2.25 bits per heavy atom. The van der Waals surface area contributed by atoms with Crippen LogP contribution in [0.5, 0.6) is 0 Å². The summed E-state index contributed by atoms with van der Waals surface area (Å²) >= 11 is 0. The number of epoxide rings is 1. The smallest absolute Gasteiger partial charge is 0.330 e. The summed E-state index contributed by atoms with van der Waals surface area (Å²) in [5.74, 6) is 5.64. The minimum Gasteiger partial charge on any atom is -0.463 e. The average molecular weight is 334 g/mol. The van der Waals surface area contributed by atoms with Crippen molar-refractivity contribution in [3.8, 4) is 11.8 Å². The van der Waals surface area contributed by atoms with E-state index < -0.39 is 6.10 Å². The summed E-state index contributed by atoms with van der Waals surface area (Å²) in [7, 11) is 0. The van der Waals surface area contributed by atoms with Crippen molar-refractivity contribution >= 4 is 11.9 Å². The molecule has 0 bridgehead atoms. The van der Waals surface area contributed by atoms with E-state index in [9.17, 15) is 9.59 Å². The van der Waals surface area contributed by atoms with E-state index in [-0.39, 0.29) is 23.6 Å². The lowest BCUT2D eigenvalue weighted by molar-refractivity contribution is -0.144. The van der Waals surface area contributed by atoms with Gasteiger partial charge in [-0.05, 0) is 45.4 Å². The van der Waals surface area contributed by atoms with Crippen molar-refractivity contribution in [1.29, 1.82) is 0 Å². The normalized spacial score (nSPS) is 26.0. The standard InChI is InChI=1S/C19H26O5/c1-3-22-18(21)11-6-4-5-9-16(23-15(2)20)12-14-19-13-8-7-10-17(19)24-19/h6,11,16-17H,3-5,7-10,13H2,1-2H3/b11-6+. The number of ether oxygens (including phenoxy) is 3. The Morgan fingerprint density at radius 1 is 1.42 bits per heavy atom. The fraction of sp³-hybridized carbons (Fsp3) is 0.684. The number of carbonyl (C=O) groups excluding carboxylic acids is 2. The second-order valence-corrected chi connectivity index (χ2v) is 6.19. The van der Waals surface area contributed by atoms with E-state index in [1.165, 1.54) is 19.4 Å². The van der Waals surface area contributed by atoms with Crippen LogP contribution in [0.15, 0.2) is 12.2 Å². The van der Waals surface area contributed by atoms with Crippen molar-refractivity contribution in [3.63, 3.8) is 0 Å². The zero-order valence-electron chi connectivity index (χ0n) is 14.5. The first-order chi connectivity index (χ1) is 11.6. The lowest BCUT2D eigenvalue weighted by Crippen LogP contribution is -2.19. The average Bonchev–Trinajstić information content (AvgIpc) is 3.26. The second kappa shape index (κ2) is 8.89. The molecule has 2 aliphatic rings. The highest BCUT2D eigenvalue weighted by Gasteiger charge is 2.56. The molecule has 0 aromatic rings. The van der Waals surface area contributed by atoms with Crippen LogP contribution in [-0.2, 0) is 23.8 Å². The minimum absolute atomic E-state index is 0.268. The summed E-state index contributed by atoms with van der Waals surface area (Å²) in [6.45, 7) is 3.54. The van der Waals surface area contributed by atoms with Crippen LogP contribution in [0.4, 0.5) is 0 Å². The fourth-order valence-electron chi connectivity index (χ4n) is 2.98. The van der Waals surface area contributed by atoms with Gasteiger partial charge in [0.1, 0.15) is 0 Å². The molecule has 1 aliphatic heterocycles. The molecule has 24 heavy (non-hydrogen) atoms. The zero-order chi connectivity index (χ0) is 17.4. The van der Waals surface area contributed by atoms with E-state index in [0.29, 0.717) is 19.4 Å². The van der Waals surface area contributed by atoms with Gasteiger partial charge in [0.25, 0.3) is 0 Å². The molecule has 0 N–H and O–H groups in total. The Morgan fingerprint density at radius 3 is 2.96 bits per heavy atom. The quantitative estimate of drug-likeness (QED) is 0.235. The number of rotatable bonds is 7. The van der Waals surface area contributed by atoms with E-state index in [2.05, 4.69) is 11.8 Å². The number of hydrogen-bond acceptors (Lipinski definition) is 5. The molecular weight excluding hydrogens is 308 g/mol. The van der Waals surface area contributed by atoms with Crippen LogP contribution < -0.4 is 0 Å². The Bertz CT molecular complexity index is 542. The van der Waals surface area contributed by atoms with Crippen molar-refractivity contribution in [2.45, 2.75) is 76.6 Å². The monoisotopic (exact) mass is 334 g/mol. The van der Waals surface area contributed by atoms with Gasteiger partial charge in [-0.25, -0.2) is 4.79 Å². The topological polar surface area (TPSA) is 65.1 Å². The van der Waals surface area contributed by atoms with Gasteiger partial charge in [-0.1, -0.05) is 24.3 Å². The van der Waals surface area contributed by atoms with Crippen LogP contribution >= 0.6 is 0 Å². The van der Waals surface area contributed by atoms with Gasteiger partial charge in [0.2, 0.25) is 0 Å². The van der Waals surface area contributed by atoms with E-state index >= 15 is 0 Å². The maximum atomic E-state index is 11.2. The SMILES string of the molecule is CCOC(=O)/C=C/CCCC(C#CC12CCCCC1O2)OC(C)=O. The summed E-state index contributed by atoms with van der Waals surface area (Å²) < 4.78 is 15.8. The summed E-state index contributed by atoms with van der Waals surface area (Å²) in [5.41, 5.74) is -0.277. The third kappa shape index (κ3) is 5.68. The molecule has 2 fully saturated rings. The van der Waals surface area contributed by atoms with Gasteiger partial charge in [0.15, 0.2) is 11.7 Å². The van der Waals surface area contributed by atoms with Crippen molar-refractivity contribution in [3.05, 3.63) is 12.2 Å². The first-order valence-corrected chi connectivity index (χ1v) is 8.77. The molecule has 0 aromatic carbocycles. The Balaban J connectivity index is 1.79. The van der Waals surface area contributed by atoms with Gasteiger partial charge < -0.3 is 14.2 Å². The third-order valence-corrected chi connectivity index (χ3v) is 4.21. The van der Waals surface area contributed by atoms with Crippen LogP contribution in [0.25, 0.3) is 0 Å². The molecule has 0 spiro atoms. The van der Waals surface area contributed by atoms with Gasteiger partial charge in [0, 0.05) is 13.0 Å². The van der Waals surface area contributed by atoms with Gasteiger partial charge in [-0.2, -0.15) is 0 Å². The number of allylic oxidation sites excluding steroid dienone is 1. The number of fused-ring (bicyclic) bond motifs is 1. The van der Waals surface area contributed by atoms with Crippen LogP contribution in [-0.4, -0.2) is 36.4 Å². The Kier molecular flexibility index (Phi) is 6.86. The van der Waals surface area contributed by atoms with Gasteiger partial charge in [0.05, 0.1) is 12.7 Å². The highest BCUT2D eigenvalue weighted by molar-refractivity contribution is 5.81. The lowest BCUT2D eigenvalue weighted by Gasteiger charge is -2.13. The molecule has 0 aromatic heterocycles. The molecule has 2 rings (SSSR count). The number of unbranched alkanes of at least 4 members (excludes halogenated alkanes) is 1. The predicted molar refractivity (Wildman–Crippen MR) is 89.0 cm³/mol. The molecule has 132 valence electrons. The van der Waals surface area contributed by atoms with E-state index in [0.717, 1.165) is 25.7 Å². The predicted octanol–water partition coefficient (Wildman–Crippen LogP) is 2.92. The number of esters is 2. The van der Waals surface area contributed by atoms with Crippen molar-refractivity contribution in [1.82, 2.24) is 0 Å². The maximum absolute atomic E-state index is 11.2. The lowest BCUT2D eigenvalue weighted by atomic mass is 9.89. The van der Waals surface area contributed by atoms with Crippen LogP contribution in [0, 0.1) is 11.8 Å². The van der Waals surface area contributed by atoms with Gasteiger partial charge in [-0.15, -0.1) is 0 Å². The summed E-state index contributed by atoms with van der Waals surface area (Å²) in [4.78, 5) is 22.4. The molecule has 0 radical (unpaired) electrons. The van der Waals surface area contributed by atoms with Crippen molar-refractivity contribution < 1.29 is 23.8 Å². The molecule has 5 heteroatoms. The molecular formula is C19H26O5. The molecule has 3 unspecified atom stereocenters. The molecule has 1 heterocycles. The molecule has 1 saturated carbocycles. The van der Waals surface area contributed by atoms with Crippen LogP contribution in [0.1, 0.15) is 58.8 Å². The Labute approximate surface area is 143 Å². The van der Waals surface area contributed by atoms with Crippen LogP contribution in [0.2, 0.25) is 0 Å².